The second kappa shape index (κ2) is 7.20. The summed E-state index contributed by atoms with van der Waals surface area (Å²) in [6, 6.07) is 10.1. The molecule has 1 aromatic carbocycles. The van der Waals surface area contributed by atoms with Crippen molar-refractivity contribution >= 4 is 17.4 Å². The van der Waals surface area contributed by atoms with Crippen molar-refractivity contribution in [2.24, 2.45) is 0 Å². The maximum absolute atomic E-state index is 5.77. The Hall–Kier alpha value is -1.68. The first-order valence-electron chi connectivity index (χ1n) is 6.69. The van der Waals surface area contributed by atoms with Gasteiger partial charge in [0, 0.05) is 5.75 Å². The fourth-order valence-corrected chi connectivity index (χ4v) is 2.68. The number of aromatic nitrogens is 1. The molecule has 1 heterocycles. The van der Waals surface area contributed by atoms with Crippen LogP contribution in [0.15, 0.2) is 41.6 Å². The summed E-state index contributed by atoms with van der Waals surface area (Å²) in [5.41, 5.74) is 8.77. The van der Waals surface area contributed by atoms with E-state index in [2.05, 4.69) is 37.0 Å². The number of nitrogens with two attached hydrogens (primary N) is 1. The van der Waals surface area contributed by atoms with Gasteiger partial charge in [-0.25, -0.2) is 4.98 Å². The lowest BCUT2D eigenvalue weighted by Gasteiger charge is -2.08. The van der Waals surface area contributed by atoms with Crippen LogP contribution in [0, 0.1) is 13.8 Å². The number of rotatable bonds is 6. The molecule has 0 spiro atoms. The molecule has 0 unspecified atom stereocenters. The van der Waals surface area contributed by atoms with Crippen LogP contribution in [0.25, 0.3) is 0 Å². The highest BCUT2D eigenvalue weighted by Crippen LogP contribution is 2.19. The van der Waals surface area contributed by atoms with Crippen LogP contribution in [0.2, 0.25) is 0 Å². The summed E-state index contributed by atoms with van der Waals surface area (Å²) in [6.45, 7) is 4.90. The second-order valence-corrected chi connectivity index (χ2v) is 5.92. The van der Waals surface area contributed by atoms with Gasteiger partial charge in [0.2, 0.25) is 0 Å². The molecule has 0 aliphatic heterocycles. The third-order valence-corrected chi connectivity index (χ3v) is 3.79. The molecule has 2 N–H and O–H groups in total. The van der Waals surface area contributed by atoms with E-state index in [9.17, 15) is 0 Å². The van der Waals surface area contributed by atoms with Crippen molar-refractivity contribution in [3.8, 4) is 5.75 Å². The van der Waals surface area contributed by atoms with E-state index in [1.54, 1.807) is 18.0 Å². The van der Waals surface area contributed by atoms with Crippen molar-refractivity contribution in [2.75, 3.05) is 18.1 Å². The number of hydrogen-bond donors (Lipinski definition) is 1. The van der Waals surface area contributed by atoms with Gasteiger partial charge in [0.25, 0.3) is 0 Å². The molecule has 0 aliphatic carbocycles. The van der Waals surface area contributed by atoms with E-state index in [1.807, 2.05) is 12.1 Å². The maximum atomic E-state index is 5.77. The van der Waals surface area contributed by atoms with E-state index in [1.165, 1.54) is 11.1 Å². The van der Waals surface area contributed by atoms with E-state index in [4.69, 9.17) is 10.5 Å². The summed E-state index contributed by atoms with van der Waals surface area (Å²) in [7, 11) is 0. The Labute approximate surface area is 124 Å². The highest BCUT2D eigenvalue weighted by Gasteiger charge is 1.99. The molecular formula is C16H20N2OS. The van der Waals surface area contributed by atoms with Gasteiger partial charge in [0.05, 0.1) is 23.5 Å². The van der Waals surface area contributed by atoms with Gasteiger partial charge in [0.15, 0.2) is 0 Å². The molecule has 106 valence electrons. The van der Waals surface area contributed by atoms with Crippen LogP contribution in [-0.4, -0.2) is 17.3 Å². The summed E-state index contributed by atoms with van der Waals surface area (Å²) < 4.78 is 5.77. The van der Waals surface area contributed by atoms with Gasteiger partial charge in [-0.05, 0) is 55.7 Å². The largest absolute Gasteiger partial charge is 0.494 e. The number of thioether (sulfide) groups is 1. The maximum Gasteiger partial charge on any atom is 0.119 e. The van der Waals surface area contributed by atoms with E-state index >= 15 is 0 Å². The van der Waals surface area contributed by atoms with Crippen molar-refractivity contribution in [1.29, 1.82) is 0 Å². The Balaban J connectivity index is 1.70. The normalized spacial score (nSPS) is 10.5. The topological polar surface area (TPSA) is 48.1 Å². The van der Waals surface area contributed by atoms with Crippen molar-refractivity contribution in [1.82, 2.24) is 4.98 Å². The molecule has 0 atom stereocenters. The van der Waals surface area contributed by atoms with Crippen molar-refractivity contribution in [2.45, 2.75) is 25.3 Å². The number of aryl methyl sites for hydroxylation is 2. The van der Waals surface area contributed by atoms with Gasteiger partial charge in [0.1, 0.15) is 5.75 Å². The zero-order valence-electron chi connectivity index (χ0n) is 11.9. The summed E-state index contributed by atoms with van der Waals surface area (Å²) >= 11 is 1.72. The molecule has 0 amide bonds. The van der Waals surface area contributed by atoms with E-state index in [0.29, 0.717) is 5.69 Å². The number of pyridine rings is 1. The molecule has 3 nitrogen and oxygen atoms in total. The smallest absolute Gasteiger partial charge is 0.119 e. The average Bonchev–Trinajstić information content (AvgIpc) is 2.39. The predicted octanol–water partition coefficient (Wildman–Crippen LogP) is 3.84. The number of ether oxygens (including phenoxy) is 1. The standard InChI is InChI=1S/C16H20N2OS/c1-12-8-13(2)10-15(9-12)19-6-3-7-20-16-5-4-14(17)11-18-16/h4-5,8-11H,3,6-7,17H2,1-2H3. The van der Waals surface area contributed by atoms with Gasteiger partial charge >= 0.3 is 0 Å². The molecule has 0 fully saturated rings. The quantitative estimate of drug-likeness (QED) is 0.648. The van der Waals surface area contributed by atoms with Gasteiger partial charge < -0.3 is 10.5 Å². The van der Waals surface area contributed by atoms with Gasteiger partial charge in [-0.1, -0.05) is 6.07 Å². The molecule has 0 bridgehead atoms. The Morgan fingerprint density at radius 1 is 1.15 bits per heavy atom. The van der Waals surface area contributed by atoms with Crippen LogP contribution in [0.5, 0.6) is 5.75 Å². The summed E-state index contributed by atoms with van der Waals surface area (Å²) in [5, 5.41) is 1.01. The third kappa shape index (κ3) is 4.78. The molecule has 0 aliphatic rings. The minimum Gasteiger partial charge on any atom is -0.494 e. The Morgan fingerprint density at radius 3 is 2.55 bits per heavy atom. The molecule has 4 heteroatoms. The first kappa shape index (κ1) is 14.7. The fraction of sp³-hybridized carbons (Fsp3) is 0.312. The van der Waals surface area contributed by atoms with Crippen LogP contribution in [0.3, 0.4) is 0 Å². The number of benzene rings is 1. The zero-order chi connectivity index (χ0) is 14.4. The summed E-state index contributed by atoms with van der Waals surface area (Å²) in [6.07, 6.45) is 2.68. The predicted molar refractivity (Wildman–Crippen MR) is 85.4 cm³/mol. The number of hydrogen-bond acceptors (Lipinski definition) is 4. The Bertz CT molecular complexity index is 535. The molecule has 20 heavy (non-hydrogen) atoms. The van der Waals surface area contributed by atoms with E-state index in [0.717, 1.165) is 29.6 Å². The van der Waals surface area contributed by atoms with E-state index < -0.39 is 0 Å². The average molecular weight is 288 g/mol. The zero-order valence-corrected chi connectivity index (χ0v) is 12.7. The van der Waals surface area contributed by atoms with Gasteiger partial charge in [-0.2, -0.15) is 0 Å². The van der Waals surface area contributed by atoms with Crippen molar-refractivity contribution < 1.29 is 4.74 Å². The summed E-state index contributed by atoms with van der Waals surface area (Å²) in [4.78, 5) is 4.25. The van der Waals surface area contributed by atoms with Gasteiger partial charge in [-0.15, -0.1) is 11.8 Å². The van der Waals surface area contributed by atoms with Crippen molar-refractivity contribution in [3.05, 3.63) is 47.7 Å². The molecular weight excluding hydrogens is 268 g/mol. The SMILES string of the molecule is Cc1cc(C)cc(OCCCSc2ccc(N)cn2)c1. The summed E-state index contributed by atoms with van der Waals surface area (Å²) in [5.74, 6) is 1.94. The minimum absolute atomic E-state index is 0.701. The van der Waals surface area contributed by atoms with Crippen LogP contribution in [0.1, 0.15) is 17.5 Å². The van der Waals surface area contributed by atoms with E-state index in [-0.39, 0.29) is 0 Å². The first-order chi connectivity index (χ1) is 9.63. The van der Waals surface area contributed by atoms with Crippen molar-refractivity contribution in [3.63, 3.8) is 0 Å². The Kier molecular flexibility index (Phi) is 5.30. The molecule has 0 saturated heterocycles. The highest BCUT2D eigenvalue weighted by atomic mass is 32.2. The monoisotopic (exact) mass is 288 g/mol. The first-order valence-corrected chi connectivity index (χ1v) is 7.67. The molecule has 2 aromatic rings. The van der Waals surface area contributed by atoms with Crippen LogP contribution < -0.4 is 10.5 Å². The molecule has 0 saturated carbocycles. The number of nitrogen functional groups attached to an aromatic ring is 1. The lowest BCUT2D eigenvalue weighted by Crippen LogP contribution is -1.99. The minimum atomic E-state index is 0.701. The highest BCUT2D eigenvalue weighted by molar-refractivity contribution is 7.99. The van der Waals surface area contributed by atoms with Gasteiger partial charge in [-0.3, -0.25) is 0 Å². The van der Waals surface area contributed by atoms with Crippen LogP contribution in [-0.2, 0) is 0 Å². The second-order valence-electron chi connectivity index (χ2n) is 4.80. The lowest BCUT2D eigenvalue weighted by molar-refractivity contribution is 0.318. The lowest BCUT2D eigenvalue weighted by atomic mass is 10.1. The Morgan fingerprint density at radius 2 is 1.90 bits per heavy atom. The number of anilines is 1. The van der Waals surface area contributed by atoms with Crippen LogP contribution >= 0.6 is 11.8 Å². The molecule has 1 aromatic heterocycles. The molecule has 0 radical (unpaired) electrons. The fourth-order valence-electron chi connectivity index (χ4n) is 1.92. The third-order valence-electron chi connectivity index (χ3n) is 2.76. The molecule has 2 rings (SSSR count). The van der Waals surface area contributed by atoms with Crippen LogP contribution in [0.4, 0.5) is 5.69 Å². The number of nitrogens with zero attached hydrogens (tertiary/aromatic N) is 1.